The van der Waals surface area contributed by atoms with Gasteiger partial charge in [-0.05, 0) is 47.5 Å². The summed E-state index contributed by atoms with van der Waals surface area (Å²) in [5, 5.41) is 6.68. The van der Waals surface area contributed by atoms with E-state index in [0.29, 0.717) is 13.1 Å². The zero-order valence-electron chi connectivity index (χ0n) is 16.6. The SMILES string of the molecule is CCc1ccc(C=NN(Cc2ccc(OC)cc2)Cc2ccc(OC)cc2)o1. The van der Waals surface area contributed by atoms with Crippen LogP contribution in [0.4, 0.5) is 0 Å². The fraction of sp³-hybridized carbons (Fsp3) is 0.261. The van der Waals surface area contributed by atoms with Gasteiger partial charge in [0.1, 0.15) is 23.0 Å². The number of hydrazone groups is 1. The van der Waals surface area contributed by atoms with E-state index in [2.05, 4.69) is 36.3 Å². The minimum absolute atomic E-state index is 0.674. The number of aryl methyl sites for hydroxylation is 1. The third-order valence-electron chi connectivity index (χ3n) is 4.43. The molecular weight excluding hydrogens is 352 g/mol. The first kappa shape index (κ1) is 19.5. The Labute approximate surface area is 166 Å². The Kier molecular flexibility index (Phi) is 6.73. The number of benzene rings is 2. The molecular formula is C23H26N2O3. The van der Waals surface area contributed by atoms with E-state index in [1.165, 1.54) is 0 Å². The lowest BCUT2D eigenvalue weighted by atomic mass is 10.2. The quantitative estimate of drug-likeness (QED) is 0.393. The van der Waals surface area contributed by atoms with E-state index in [0.717, 1.165) is 40.6 Å². The molecule has 0 saturated heterocycles. The van der Waals surface area contributed by atoms with Crippen molar-refractivity contribution in [2.75, 3.05) is 14.2 Å². The molecule has 0 aliphatic heterocycles. The molecule has 3 aromatic rings. The zero-order chi connectivity index (χ0) is 19.8. The van der Waals surface area contributed by atoms with Crippen LogP contribution in [0.5, 0.6) is 11.5 Å². The van der Waals surface area contributed by atoms with Crippen LogP contribution in [0, 0.1) is 0 Å². The predicted molar refractivity (Wildman–Crippen MR) is 111 cm³/mol. The highest BCUT2D eigenvalue weighted by Crippen LogP contribution is 2.17. The summed E-state index contributed by atoms with van der Waals surface area (Å²) in [7, 11) is 3.34. The van der Waals surface area contributed by atoms with Crippen LogP contribution in [0.15, 0.2) is 70.2 Å². The van der Waals surface area contributed by atoms with Gasteiger partial charge in [0, 0.05) is 6.42 Å². The van der Waals surface area contributed by atoms with Crippen molar-refractivity contribution in [1.29, 1.82) is 0 Å². The predicted octanol–water partition coefficient (Wildman–Crippen LogP) is 4.90. The summed E-state index contributed by atoms with van der Waals surface area (Å²) < 4.78 is 16.2. The second-order valence-corrected chi connectivity index (χ2v) is 6.42. The zero-order valence-corrected chi connectivity index (χ0v) is 16.6. The standard InChI is InChI=1S/C23H26N2O3/c1-4-20-13-14-23(28-20)15-24-25(16-18-5-9-21(26-2)10-6-18)17-19-7-11-22(27-3)12-8-19/h5-15H,4,16-17H2,1-3H3. The van der Waals surface area contributed by atoms with Crippen LogP contribution >= 0.6 is 0 Å². The van der Waals surface area contributed by atoms with Crippen molar-refractivity contribution < 1.29 is 13.9 Å². The van der Waals surface area contributed by atoms with Gasteiger partial charge in [0.2, 0.25) is 0 Å². The molecule has 0 atom stereocenters. The van der Waals surface area contributed by atoms with Crippen molar-refractivity contribution in [3.63, 3.8) is 0 Å². The maximum absolute atomic E-state index is 5.74. The molecule has 0 aliphatic carbocycles. The van der Waals surface area contributed by atoms with Gasteiger partial charge in [-0.1, -0.05) is 31.2 Å². The molecule has 0 bridgehead atoms. The Morgan fingerprint density at radius 3 is 1.79 bits per heavy atom. The van der Waals surface area contributed by atoms with Crippen molar-refractivity contribution in [3.05, 3.63) is 83.3 Å². The first-order valence-electron chi connectivity index (χ1n) is 9.33. The van der Waals surface area contributed by atoms with Gasteiger partial charge < -0.3 is 13.9 Å². The van der Waals surface area contributed by atoms with E-state index in [4.69, 9.17) is 13.9 Å². The number of hydrogen-bond donors (Lipinski definition) is 0. The molecule has 3 rings (SSSR count). The van der Waals surface area contributed by atoms with Gasteiger partial charge in [0.25, 0.3) is 0 Å². The van der Waals surface area contributed by atoms with Gasteiger partial charge in [-0.25, -0.2) is 0 Å². The molecule has 5 nitrogen and oxygen atoms in total. The highest BCUT2D eigenvalue weighted by atomic mass is 16.5. The Hall–Kier alpha value is -3.21. The van der Waals surface area contributed by atoms with Crippen LogP contribution in [-0.2, 0) is 19.5 Å². The second-order valence-electron chi connectivity index (χ2n) is 6.42. The number of ether oxygens (including phenoxy) is 2. The fourth-order valence-corrected chi connectivity index (χ4v) is 2.81. The number of nitrogens with zero attached hydrogens (tertiary/aromatic N) is 2. The minimum Gasteiger partial charge on any atom is -0.497 e. The van der Waals surface area contributed by atoms with Crippen molar-refractivity contribution in [1.82, 2.24) is 5.01 Å². The monoisotopic (exact) mass is 378 g/mol. The number of rotatable bonds is 9. The van der Waals surface area contributed by atoms with Crippen LogP contribution in [0.2, 0.25) is 0 Å². The van der Waals surface area contributed by atoms with E-state index in [1.54, 1.807) is 20.4 Å². The summed E-state index contributed by atoms with van der Waals surface area (Å²) in [5.41, 5.74) is 2.31. The first-order valence-corrected chi connectivity index (χ1v) is 9.33. The molecule has 146 valence electrons. The third-order valence-corrected chi connectivity index (χ3v) is 4.43. The van der Waals surface area contributed by atoms with Gasteiger partial charge in [0.15, 0.2) is 0 Å². The molecule has 0 aliphatic rings. The largest absolute Gasteiger partial charge is 0.497 e. The Morgan fingerprint density at radius 1 is 0.821 bits per heavy atom. The van der Waals surface area contributed by atoms with Gasteiger partial charge in [-0.2, -0.15) is 5.10 Å². The average Bonchev–Trinajstić information content (AvgIpc) is 3.21. The molecule has 5 heteroatoms. The van der Waals surface area contributed by atoms with Crippen LogP contribution in [0.3, 0.4) is 0 Å². The maximum Gasteiger partial charge on any atom is 0.147 e. The highest BCUT2D eigenvalue weighted by Gasteiger charge is 2.06. The van der Waals surface area contributed by atoms with Gasteiger partial charge in [0.05, 0.1) is 33.5 Å². The lowest BCUT2D eigenvalue weighted by Crippen LogP contribution is -2.17. The molecule has 28 heavy (non-hydrogen) atoms. The van der Waals surface area contributed by atoms with Crippen LogP contribution in [-0.4, -0.2) is 25.4 Å². The summed E-state index contributed by atoms with van der Waals surface area (Å²) in [6, 6.07) is 20.0. The maximum atomic E-state index is 5.74. The van der Waals surface area contributed by atoms with Crippen LogP contribution in [0.25, 0.3) is 0 Å². The van der Waals surface area contributed by atoms with Crippen molar-refractivity contribution in [2.24, 2.45) is 5.10 Å². The first-order chi connectivity index (χ1) is 13.7. The molecule has 1 aromatic heterocycles. The summed E-state index contributed by atoms with van der Waals surface area (Å²) >= 11 is 0. The molecule has 0 saturated carbocycles. The number of methoxy groups -OCH3 is 2. The van der Waals surface area contributed by atoms with E-state index in [1.807, 2.05) is 41.4 Å². The fourth-order valence-electron chi connectivity index (χ4n) is 2.81. The molecule has 0 unspecified atom stereocenters. The van der Waals surface area contributed by atoms with E-state index >= 15 is 0 Å². The Balaban J connectivity index is 1.76. The van der Waals surface area contributed by atoms with Gasteiger partial charge >= 0.3 is 0 Å². The molecule has 2 aromatic carbocycles. The number of furan rings is 1. The summed E-state index contributed by atoms with van der Waals surface area (Å²) in [6.45, 7) is 3.42. The van der Waals surface area contributed by atoms with Crippen LogP contribution < -0.4 is 9.47 Å². The molecule has 0 radical (unpaired) electrons. The summed E-state index contributed by atoms with van der Waals surface area (Å²) in [5.74, 6) is 3.40. The van der Waals surface area contributed by atoms with Crippen molar-refractivity contribution in [2.45, 2.75) is 26.4 Å². The Bertz CT molecular complexity index is 833. The van der Waals surface area contributed by atoms with Crippen molar-refractivity contribution >= 4 is 6.21 Å². The lowest BCUT2D eigenvalue weighted by molar-refractivity contribution is 0.271. The van der Waals surface area contributed by atoms with Gasteiger partial charge in [-0.15, -0.1) is 0 Å². The molecule has 0 spiro atoms. The number of hydrogen-bond acceptors (Lipinski definition) is 5. The third kappa shape index (κ3) is 5.39. The highest BCUT2D eigenvalue weighted by molar-refractivity contribution is 5.75. The van der Waals surface area contributed by atoms with Crippen LogP contribution in [0.1, 0.15) is 29.6 Å². The average molecular weight is 378 g/mol. The summed E-state index contributed by atoms with van der Waals surface area (Å²) in [4.78, 5) is 0. The minimum atomic E-state index is 0.674. The summed E-state index contributed by atoms with van der Waals surface area (Å²) in [6.07, 6.45) is 2.64. The molecule has 1 heterocycles. The lowest BCUT2D eigenvalue weighted by Gasteiger charge is -2.19. The van der Waals surface area contributed by atoms with Crippen molar-refractivity contribution in [3.8, 4) is 11.5 Å². The molecule has 0 amide bonds. The van der Waals surface area contributed by atoms with E-state index in [9.17, 15) is 0 Å². The molecule has 0 fully saturated rings. The second kappa shape index (κ2) is 9.65. The van der Waals surface area contributed by atoms with E-state index < -0.39 is 0 Å². The van der Waals surface area contributed by atoms with Gasteiger partial charge in [-0.3, -0.25) is 5.01 Å². The Morgan fingerprint density at radius 2 is 1.36 bits per heavy atom. The molecule has 0 N–H and O–H groups in total. The van der Waals surface area contributed by atoms with E-state index in [-0.39, 0.29) is 0 Å². The normalized spacial score (nSPS) is 11.0. The topological polar surface area (TPSA) is 47.2 Å². The smallest absolute Gasteiger partial charge is 0.147 e.